The molecule has 0 heterocycles. The number of nitrogens with two attached hydrogens (primary N) is 3. The number of carboxylic acids is 2. The summed E-state index contributed by atoms with van der Waals surface area (Å²) in [5, 5.41) is 25.9. The zero-order valence-electron chi connectivity index (χ0n) is 22.8. The van der Waals surface area contributed by atoms with Gasteiger partial charge in [-0.25, -0.2) is 4.79 Å². The van der Waals surface area contributed by atoms with Gasteiger partial charge in [-0.05, 0) is 37.2 Å². The highest BCUT2D eigenvalue weighted by molar-refractivity contribution is 5.94. The number of carbonyl (C=O) groups is 5. The number of rotatable bonds is 18. The maximum absolute atomic E-state index is 13.4. The Hall–Kier alpha value is -4.20. The molecule has 3 amide bonds. The Morgan fingerprint density at radius 2 is 1.43 bits per heavy atom. The van der Waals surface area contributed by atoms with Gasteiger partial charge in [-0.2, -0.15) is 0 Å². The zero-order chi connectivity index (χ0) is 30.2. The molecule has 14 heteroatoms. The molecule has 14 nitrogen and oxygen atoms in total. The normalized spacial score (nSPS) is 13.8. The minimum atomic E-state index is -1.48. The lowest BCUT2D eigenvalue weighted by Crippen LogP contribution is -2.57. The van der Waals surface area contributed by atoms with Crippen molar-refractivity contribution in [1.29, 1.82) is 0 Å². The second-order valence-electron chi connectivity index (χ2n) is 9.83. The van der Waals surface area contributed by atoms with Gasteiger partial charge >= 0.3 is 11.9 Å². The van der Waals surface area contributed by atoms with Gasteiger partial charge in [0.25, 0.3) is 0 Å². The number of nitrogens with one attached hydrogen (secondary N) is 3. The molecule has 0 aliphatic heterocycles. The van der Waals surface area contributed by atoms with Gasteiger partial charge in [-0.15, -0.1) is 0 Å². The molecule has 0 saturated carbocycles. The van der Waals surface area contributed by atoms with Crippen LogP contribution >= 0.6 is 0 Å². The molecule has 0 aliphatic rings. The van der Waals surface area contributed by atoms with Gasteiger partial charge in [0.05, 0.1) is 6.04 Å². The van der Waals surface area contributed by atoms with E-state index in [2.05, 4.69) is 20.9 Å². The molecule has 0 aromatic heterocycles. The lowest BCUT2D eigenvalue weighted by atomic mass is 10.0. The van der Waals surface area contributed by atoms with E-state index in [9.17, 15) is 29.1 Å². The van der Waals surface area contributed by atoms with Crippen LogP contribution in [0.25, 0.3) is 0 Å². The van der Waals surface area contributed by atoms with Crippen LogP contribution < -0.4 is 33.2 Å². The fraction of sp³-hybridized carbons (Fsp3) is 0.538. The zero-order valence-corrected chi connectivity index (χ0v) is 22.8. The predicted octanol–water partition coefficient (Wildman–Crippen LogP) is -0.940. The first kappa shape index (κ1) is 33.8. The summed E-state index contributed by atoms with van der Waals surface area (Å²) in [6.07, 6.45) is 0.0127. The van der Waals surface area contributed by atoms with E-state index in [1.165, 1.54) is 0 Å². The summed E-state index contributed by atoms with van der Waals surface area (Å²) in [6.45, 7) is 4.00. The van der Waals surface area contributed by atoms with Crippen molar-refractivity contribution in [1.82, 2.24) is 16.0 Å². The average Bonchev–Trinajstić information content (AvgIpc) is 2.87. The number of carbonyl (C=O) groups excluding carboxylic acids is 3. The molecule has 11 N–H and O–H groups in total. The molecule has 0 fully saturated rings. The minimum Gasteiger partial charge on any atom is -0.481 e. The topological polar surface area (TPSA) is 252 Å². The summed E-state index contributed by atoms with van der Waals surface area (Å²) in [6, 6.07) is 4.03. The molecule has 1 aromatic carbocycles. The van der Waals surface area contributed by atoms with E-state index >= 15 is 0 Å². The molecule has 0 radical (unpaired) electrons. The summed E-state index contributed by atoms with van der Waals surface area (Å²) in [5.41, 5.74) is 17.4. The Labute approximate surface area is 233 Å². The number of guanidine groups is 1. The second kappa shape index (κ2) is 17.4. The Kier molecular flexibility index (Phi) is 14.7. The summed E-state index contributed by atoms with van der Waals surface area (Å²) >= 11 is 0. The molecular weight excluding hydrogens is 522 g/mol. The number of aliphatic imine (C=N–C) groups is 1. The van der Waals surface area contributed by atoms with Crippen molar-refractivity contribution in [2.24, 2.45) is 28.1 Å². The molecule has 0 saturated heterocycles. The van der Waals surface area contributed by atoms with Crippen molar-refractivity contribution in [3.05, 3.63) is 35.9 Å². The maximum Gasteiger partial charge on any atom is 0.326 e. The number of benzene rings is 1. The van der Waals surface area contributed by atoms with E-state index in [4.69, 9.17) is 22.3 Å². The molecule has 40 heavy (non-hydrogen) atoms. The smallest absolute Gasteiger partial charge is 0.326 e. The van der Waals surface area contributed by atoms with Gasteiger partial charge in [-0.3, -0.25) is 24.2 Å². The van der Waals surface area contributed by atoms with E-state index in [1.807, 2.05) is 13.8 Å². The van der Waals surface area contributed by atoms with Gasteiger partial charge in [0.1, 0.15) is 18.1 Å². The van der Waals surface area contributed by atoms with Crippen LogP contribution in [0.3, 0.4) is 0 Å². The number of hydrogen-bond acceptors (Lipinski definition) is 7. The standard InChI is InChI=1S/C26H41N7O7/c1-15(2)13-17(27)22(36)31-18(9-6-12-30-26(28)29)23(37)33-20(14-16-7-4-3-5-8-16)24(38)32-19(25(39)40)10-11-21(34)35/h3-5,7-8,15,17-20H,6,9-14,27H2,1-2H3,(H,31,36)(H,32,38)(H,33,37)(H,34,35)(H,39,40)(H4,28,29,30). The van der Waals surface area contributed by atoms with Crippen LogP contribution in [0.2, 0.25) is 0 Å². The highest BCUT2D eigenvalue weighted by Crippen LogP contribution is 2.09. The van der Waals surface area contributed by atoms with Gasteiger partial charge in [0, 0.05) is 19.4 Å². The molecule has 4 unspecified atom stereocenters. The number of amides is 3. The Morgan fingerprint density at radius 1 is 0.850 bits per heavy atom. The van der Waals surface area contributed by atoms with Crippen molar-refractivity contribution in [3.63, 3.8) is 0 Å². The van der Waals surface area contributed by atoms with Gasteiger partial charge in [0.2, 0.25) is 17.7 Å². The molecule has 222 valence electrons. The monoisotopic (exact) mass is 563 g/mol. The molecule has 0 aliphatic carbocycles. The molecule has 0 spiro atoms. The van der Waals surface area contributed by atoms with Gasteiger partial charge in [0.15, 0.2) is 5.96 Å². The maximum atomic E-state index is 13.4. The first-order valence-corrected chi connectivity index (χ1v) is 13.0. The number of carboxylic acid groups (broad SMARTS) is 2. The van der Waals surface area contributed by atoms with E-state index in [0.717, 1.165) is 0 Å². The van der Waals surface area contributed by atoms with Crippen LogP contribution in [0.15, 0.2) is 35.3 Å². The van der Waals surface area contributed by atoms with Gasteiger partial charge in [-0.1, -0.05) is 44.2 Å². The number of nitrogens with zero attached hydrogens (tertiary/aromatic N) is 1. The summed E-state index contributed by atoms with van der Waals surface area (Å²) in [4.78, 5) is 65.7. The lowest BCUT2D eigenvalue weighted by molar-refractivity contribution is -0.143. The predicted molar refractivity (Wildman–Crippen MR) is 148 cm³/mol. The first-order chi connectivity index (χ1) is 18.8. The molecular formula is C26H41N7O7. The van der Waals surface area contributed by atoms with Crippen LogP contribution in [0, 0.1) is 5.92 Å². The van der Waals surface area contributed by atoms with Crippen LogP contribution in [0.5, 0.6) is 0 Å². The van der Waals surface area contributed by atoms with Crippen molar-refractivity contribution in [2.75, 3.05) is 6.54 Å². The van der Waals surface area contributed by atoms with Crippen molar-refractivity contribution < 1.29 is 34.2 Å². The minimum absolute atomic E-state index is 0.00517. The molecule has 1 aromatic rings. The molecule has 1 rings (SSSR count). The second-order valence-corrected chi connectivity index (χ2v) is 9.83. The van der Waals surface area contributed by atoms with Crippen LogP contribution in [0.4, 0.5) is 0 Å². The third-order valence-corrected chi connectivity index (χ3v) is 5.82. The Bertz CT molecular complexity index is 1030. The summed E-state index contributed by atoms with van der Waals surface area (Å²) in [7, 11) is 0. The van der Waals surface area contributed by atoms with Crippen molar-refractivity contribution in [2.45, 2.75) is 76.5 Å². The van der Waals surface area contributed by atoms with Gasteiger partial charge < -0.3 is 43.4 Å². The highest BCUT2D eigenvalue weighted by Gasteiger charge is 2.30. The van der Waals surface area contributed by atoms with Crippen LogP contribution in [0.1, 0.15) is 51.5 Å². The van der Waals surface area contributed by atoms with Crippen LogP contribution in [-0.4, -0.2) is 76.5 Å². The Morgan fingerprint density at radius 3 is 1.98 bits per heavy atom. The fourth-order valence-electron chi connectivity index (χ4n) is 3.79. The Balaban J connectivity index is 3.16. The van der Waals surface area contributed by atoms with E-state index in [1.54, 1.807) is 30.3 Å². The number of hydrogen-bond donors (Lipinski definition) is 8. The van der Waals surface area contributed by atoms with Crippen molar-refractivity contribution >= 4 is 35.6 Å². The number of aliphatic carboxylic acids is 2. The van der Waals surface area contributed by atoms with E-state index in [-0.39, 0.29) is 37.7 Å². The first-order valence-electron chi connectivity index (χ1n) is 13.0. The summed E-state index contributed by atoms with van der Waals surface area (Å²) in [5.74, 6) is -4.68. The third kappa shape index (κ3) is 13.6. The highest BCUT2D eigenvalue weighted by atomic mass is 16.4. The van der Waals surface area contributed by atoms with Crippen LogP contribution in [-0.2, 0) is 30.4 Å². The average molecular weight is 564 g/mol. The van der Waals surface area contributed by atoms with E-state index in [0.29, 0.717) is 18.4 Å². The molecule has 0 bridgehead atoms. The SMILES string of the molecule is CC(C)CC(N)C(=O)NC(CCCN=C(N)N)C(=O)NC(Cc1ccccc1)C(=O)NC(CCC(=O)O)C(=O)O. The van der Waals surface area contributed by atoms with E-state index < -0.39 is 60.2 Å². The third-order valence-electron chi connectivity index (χ3n) is 5.82. The summed E-state index contributed by atoms with van der Waals surface area (Å²) < 4.78 is 0. The van der Waals surface area contributed by atoms with Crippen molar-refractivity contribution in [3.8, 4) is 0 Å². The quantitative estimate of drug-likeness (QED) is 0.0618. The molecule has 4 atom stereocenters. The fourth-order valence-corrected chi connectivity index (χ4v) is 3.79. The lowest BCUT2D eigenvalue weighted by Gasteiger charge is -2.25. The largest absolute Gasteiger partial charge is 0.481 e.